The molecule has 2 aromatic carbocycles. The summed E-state index contributed by atoms with van der Waals surface area (Å²) in [4.78, 5) is 27.6. The fourth-order valence-electron chi connectivity index (χ4n) is 1.85. The molecule has 0 radical (unpaired) electrons. The van der Waals surface area contributed by atoms with E-state index in [-0.39, 0.29) is 23.5 Å². The van der Waals surface area contributed by atoms with Gasteiger partial charge in [0.15, 0.2) is 11.5 Å². The van der Waals surface area contributed by atoms with Crippen molar-refractivity contribution in [1.82, 2.24) is 0 Å². The molecule has 0 spiro atoms. The van der Waals surface area contributed by atoms with Gasteiger partial charge in [0.25, 0.3) is 0 Å². The predicted molar refractivity (Wildman–Crippen MR) is 72.7 cm³/mol. The summed E-state index contributed by atoms with van der Waals surface area (Å²) >= 11 is 0. The van der Waals surface area contributed by atoms with Gasteiger partial charge in [-0.25, -0.2) is 4.79 Å². The number of aromatic carboxylic acids is 1. The van der Waals surface area contributed by atoms with E-state index in [2.05, 4.69) is 4.84 Å². The molecule has 0 fully saturated rings. The Morgan fingerprint density at radius 2 is 1.80 bits per heavy atom. The highest BCUT2D eigenvalue weighted by Crippen LogP contribution is 2.20. The van der Waals surface area contributed by atoms with Crippen molar-refractivity contribution < 1.29 is 19.5 Å². The van der Waals surface area contributed by atoms with Crippen molar-refractivity contribution in [3.05, 3.63) is 65.2 Å². The van der Waals surface area contributed by atoms with E-state index in [1.54, 1.807) is 0 Å². The fraction of sp³-hybridized carbons (Fsp3) is 0.0667. The third-order valence-corrected chi connectivity index (χ3v) is 2.87. The van der Waals surface area contributed by atoms with Gasteiger partial charge in [0, 0.05) is 12.0 Å². The van der Waals surface area contributed by atoms with Gasteiger partial charge in [0.2, 0.25) is 0 Å². The van der Waals surface area contributed by atoms with Crippen molar-refractivity contribution in [3.8, 4) is 5.75 Å². The molecule has 0 saturated carbocycles. The van der Waals surface area contributed by atoms with Crippen LogP contribution in [0.2, 0.25) is 0 Å². The Morgan fingerprint density at radius 3 is 2.40 bits per heavy atom. The highest BCUT2D eigenvalue weighted by Gasteiger charge is 2.15. The number of carboxylic acids is 1. The van der Waals surface area contributed by atoms with Crippen LogP contribution in [0.5, 0.6) is 5.75 Å². The summed E-state index contributed by atoms with van der Waals surface area (Å²) in [7, 11) is 0. The molecule has 5 heteroatoms. The molecule has 0 aliphatic carbocycles. The number of carbonyl (C=O) groups excluding carboxylic acids is 1. The number of ketones is 1. The zero-order chi connectivity index (χ0) is 14.5. The lowest BCUT2D eigenvalue weighted by molar-refractivity contribution is 0.0691. The van der Waals surface area contributed by atoms with Gasteiger partial charge in [0.1, 0.15) is 5.56 Å². The van der Waals surface area contributed by atoms with Gasteiger partial charge >= 0.3 is 5.97 Å². The number of nitrogens with two attached hydrogens (primary N) is 1. The minimum atomic E-state index is -1.16. The normalized spacial score (nSPS) is 10.1. The van der Waals surface area contributed by atoms with Crippen LogP contribution >= 0.6 is 0 Å². The van der Waals surface area contributed by atoms with Crippen molar-refractivity contribution in [2.24, 2.45) is 5.90 Å². The fourth-order valence-corrected chi connectivity index (χ4v) is 1.85. The molecule has 5 nitrogen and oxygen atoms in total. The Kier molecular flexibility index (Phi) is 4.12. The first kappa shape index (κ1) is 13.8. The van der Waals surface area contributed by atoms with Gasteiger partial charge in [-0.2, -0.15) is 5.90 Å². The van der Waals surface area contributed by atoms with Gasteiger partial charge in [-0.15, -0.1) is 0 Å². The van der Waals surface area contributed by atoms with Crippen LogP contribution in [0.15, 0.2) is 48.5 Å². The lowest BCUT2D eigenvalue weighted by Gasteiger charge is -2.06. The van der Waals surface area contributed by atoms with Gasteiger partial charge in [0.05, 0.1) is 0 Å². The molecule has 0 unspecified atom stereocenters. The molecular weight excluding hydrogens is 258 g/mol. The Morgan fingerprint density at radius 1 is 1.10 bits per heavy atom. The van der Waals surface area contributed by atoms with Crippen LogP contribution in [0.4, 0.5) is 0 Å². The van der Waals surface area contributed by atoms with E-state index < -0.39 is 5.97 Å². The zero-order valence-electron chi connectivity index (χ0n) is 10.6. The second-order valence-corrected chi connectivity index (χ2v) is 4.22. The lowest BCUT2D eigenvalue weighted by atomic mass is 10.0. The maximum absolute atomic E-state index is 12.1. The SMILES string of the molecule is NOc1cc(C(=O)Cc2ccccc2)ccc1C(=O)O. The Bertz CT molecular complexity index is 638. The number of hydrogen-bond acceptors (Lipinski definition) is 4. The lowest BCUT2D eigenvalue weighted by Crippen LogP contribution is -2.10. The number of carbonyl (C=O) groups is 2. The molecule has 2 aromatic rings. The van der Waals surface area contributed by atoms with E-state index in [1.165, 1.54) is 18.2 Å². The van der Waals surface area contributed by atoms with Crippen molar-refractivity contribution in [2.75, 3.05) is 0 Å². The first-order valence-electron chi connectivity index (χ1n) is 5.93. The number of carboxylic acid groups (broad SMARTS) is 1. The quantitative estimate of drug-likeness (QED) is 0.641. The summed E-state index contributed by atoms with van der Waals surface area (Å²) in [6.45, 7) is 0. The maximum atomic E-state index is 12.1. The van der Waals surface area contributed by atoms with E-state index in [0.29, 0.717) is 5.56 Å². The van der Waals surface area contributed by atoms with E-state index in [9.17, 15) is 9.59 Å². The van der Waals surface area contributed by atoms with Crippen LogP contribution in [-0.4, -0.2) is 16.9 Å². The third-order valence-electron chi connectivity index (χ3n) is 2.87. The highest BCUT2D eigenvalue weighted by atomic mass is 16.6. The third kappa shape index (κ3) is 3.02. The summed E-state index contributed by atoms with van der Waals surface area (Å²) in [5.41, 5.74) is 1.16. The minimum Gasteiger partial charge on any atom is -0.478 e. The van der Waals surface area contributed by atoms with Gasteiger partial charge in [-0.1, -0.05) is 36.4 Å². The summed E-state index contributed by atoms with van der Waals surface area (Å²) < 4.78 is 0. The summed E-state index contributed by atoms with van der Waals surface area (Å²) in [6, 6.07) is 13.4. The van der Waals surface area contributed by atoms with Crippen molar-refractivity contribution in [3.63, 3.8) is 0 Å². The number of hydrogen-bond donors (Lipinski definition) is 2. The molecule has 0 amide bonds. The molecular formula is C15H13NO4. The van der Waals surface area contributed by atoms with Crippen LogP contribution in [0.1, 0.15) is 26.3 Å². The van der Waals surface area contributed by atoms with E-state index in [4.69, 9.17) is 11.0 Å². The van der Waals surface area contributed by atoms with Gasteiger partial charge in [-0.05, 0) is 17.7 Å². The average molecular weight is 271 g/mol. The molecule has 0 saturated heterocycles. The van der Waals surface area contributed by atoms with Crippen molar-refractivity contribution in [1.29, 1.82) is 0 Å². The Hall–Kier alpha value is -2.66. The van der Waals surface area contributed by atoms with Gasteiger partial charge in [-0.3, -0.25) is 4.79 Å². The van der Waals surface area contributed by atoms with Crippen LogP contribution in [0.3, 0.4) is 0 Å². The van der Waals surface area contributed by atoms with Crippen LogP contribution in [0.25, 0.3) is 0 Å². The topological polar surface area (TPSA) is 89.6 Å². The summed E-state index contributed by atoms with van der Waals surface area (Å²) in [6.07, 6.45) is 0.233. The zero-order valence-corrected chi connectivity index (χ0v) is 10.6. The maximum Gasteiger partial charge on any atom is 0.339 e. The molecule has 0 aliphatic rings. The predicted octanol–water partition coefficient (Wildman–Crippen LogP) is 2.06. The smallest absolute Gasteiger partial charge is 0.339 e. The molecule has 102 valence electrons. The molecule has 0 bridgehead atoms. The van der Waals surface area contributed by atoms with E-state index >= 15 is 0 Å². The number of Topliss-reactive ketones (excluding diaryl/α,β-unsaturated/α-hetero) is 1. The molecule has 0 heterocycles. The second-order valence-electron chi connectivity index (χ2n) is 4.22. The minimum absolute atomic E-state index is 0.0311. The van der Waals surface area contributed by atoms with E-state index in [0.717, 1.165) is 5.56 Å². The Labute approximate surface area is 115 Å². The molecule has 0 atom stereocenters. The number of rotatable bonds is 5. The summed E-state index contributed by atoms with van der Waals surface area (Å²) in [5.74, 6) is 3.71. The average Bonchev–Trinajstić information content (AvgIpc) is 2.47. The Balaban J connectivity index is 2.25. The monoisotopic (exact) mass is 271 g/mol. The standard InChI is InChI=1S/C15H13NO4/c16-20-14-9-11(6-7-12(14)15(18)19)13(17)8-10-4-2-1-3-5-10/h1-7,9H,8,16H2,(H,18,19). The van der Waals surface area contributed by atoms with Crippen LogP contribution < -0.4 is 10.7 Å². The molecule has 0 aliphatic heterocycles. The van der Waals surface area contributed by atoms with Gasteiger partial charge < -0.3 is 9.94 Å². The van der Waals surface area contributed by atoms with Crippen LogP contribution in [0, 0.1) is 0 Å². The highest BCUT2D eigenvalue weighted by molar-refractivity contribution is 5.99. The van der Waals surface area contributed by atoms with Crippen molar-refractivity contribution in [2.45, 2.75) is 6.42 Å². The molecule has 3 N–H and O–H groups in total. The second kappa shape index (κ2) is 5.99. The van der Waals surface area contributed by atoms with E-state index in [1.807, 2.05) is 30.3 Å². The van der Waals surface area contributed by atoms with Crippen molar-refractivity contribution >= 4 is 11.8 Å². The molecule has 0 aromatic heterocycles. The molecule has 20 heavy (non-hydrogen) atoms. The molecule has 2 rings (SSSR count). The number of benzene rings is 2. The first-order chi connectivity index (χ1) is 9.61. The largest absolute Gasteiger partial charge is 0.478 e. The summed E-state index contributed by atoms with van der Waals surface area (Å²) in [5, 5.41) is 8.94. The van der Waals surface area contributed by atoms with Crippen LogP contribution in [-0.2, 0) is 6.42 Å². The first-order valence-corrected chi connectivity index (χ1v) is 5.93.